The van der Waals surface area contributed by atoms with Crippen molar-refractivity contribution in [2.75, 3.05) is 23.7 Å². The number of carbonyl (C=O) groups is 2. The molecule has 3 aromatic carbocycles. The van der Waals surface area contributed by atoms with Crippen LogP contribution in [0.5, 0.6) is 0 Å². The standard InChI is InChI=1S/C31H36BrCl2N3O4S/c1-3-4-17-35-31(39)29(20-23-10-6-5-7-11-23)36(22-24-12-8-13-25(32)19-24)30(38)14-9-18-37(42(2,40)41)28-21-26(33)15-16-27(28)34/h5-8,10-13,15-16,19,21,29H,3-4,9,14,17-18,20,22H2,1-2H3,(H,35,39)/t29-/m0/s1. The van der Waals surface area contributed by atoms with Gasteiger partial charge in [0.15, 0.2) is 0 Å². The van der Waals surface area contributed by atoms with Gasteiger partial charge in [-0.3, -0.25) is 13.9 Å². The minimum absolute atomic E-state index is 0.0153. The molecular formula is C31H36BrCl2N3O4S. The Morgan fingerprint density at radius 1 is 0.952 bits per heavy atom. The fraction of sp³-hybridized carbons (Fsp3) is 0.355. The van der Waals surface area contributed by atoms with Crippen molar-refractivity contribution in [3.8, 4) is 0 Å². The van der Waals surface area contributed by atoms with Crippen LogP contribution in [0, 0.1) is 0 Å². The molecule has 42 heavy (non-hydrogen) atoms. The second kappa shape index (κ2) is 16.3. The van der Waals surface area contributed by atoms with Gasteiger partial charge in [-0.25, -0.2) is 8.42 Å². The molecule has 11 heteroatoms. The van der Waals surface area contributed by atoms with E-state index in [9.17, 15) is 18.0 Å². The normalized spacial score (nSPS) is 12.0. The molecular weight excluding hydrogens is 661 g/mol. The molecule has 2 amide bonds. The molecule has 0 spiro atoms. The SMILES string of the molecule is CCCCNC(=O)[C@H](Cc1ccccc1)N(Cc1cccc(Br)c1)C(=O)CCCN(c1cc(Cl)ccc1Cl)S(C)(=O)=O. The average molecular weight is 698 g/mol. The molecule has 0 bridgehead atoms. The summed E-state index contributed by atoms with van der Waals surface area (Å²) in [6, 6.07) is 21.0. The number of hydrogen-bond acceptors (Lipinski definition) is 4. The van der Waals surface area contributed by atoms with Crippen molar-refractivity contribution >= 4 is 66.7 Å². The monoisotopic (exact) mass is 695 g/mol. The van der Waals surface area contributed by atoms with Gasteiger partial charge in [0.2, 0.25) is 21.8 Å². The van der Waals surface area contributed by atoms with Crippen LogP contribution in [0.1, 0.15) is 43.7 Å². The van der Waals surface area contributed by atoms with Crippen LogP contribution < -0.4 is 9.62 Å². The molecule has 0 aliphatic carbocycles. The number of unbranched alkanes of at least 4 members (excludes halogenated alkanes) is 1. The maximum atomic E-state index is 13.9. The van der Waals surface area contributed by atoms with Crippen LogP contribution in [0.3, 0.4) is 0 Å². The van der Waals surface area contributed by atoms with Crippen LogP contribution >= 0.6 is 39.1 Å². The van der Waals surface area contributed by atoms with Crippen molar-refractivity contribution < 1.29 is 18.0 Å². The summed E-state index contributed by atoms with van der Waals surface area (Å²) in [5.74, 6) is -0.480. The summed E-state index contributed by atoms with van der Waals surface area (Å²) in [6.07, 6.45) is 3.41. The first-order valence-electron chi connectivity index (χ1n) is 13.8. The van der Waals surface area contributed by atoms with E-state index >= 15 is 0 Å². The number of anilines is 1. The molecule has 0 aromatic heterocycles. The van der Waals surface area contributed by atoms with Crippen molar-refractivity contribution in [1.29, 1.82) is 0 Å². The molecule has 0 saturated heterocycles. The minimum atomic E-state index is -3.72. The van der Waals surface area contributed by atoms with Gasteiger partial charge in [-0.05, 0) is 54.3 Å². The third-order valence-electron chi connectivity index (χ3n) is 6.67. The number of amides is 2. The molecule has 3 rings (SSSR count). The predicted molar refractivity (Wildman–Crippen MR) is 174 cm³/mol. The second-order valence-corrected chi connectivity index (χ2v) is 13.7. The average Bonchev–Trinajstić information content (AvgIpc) is 2.94. The van der Waals surface area contributed by atoms with E-state index in [1.165, 1.54) is 12.1 Å². The summed E-state index contributed by atoms with van der Waals surface area (Å²) in [4.78, 5) is 29.1. The largest absolute Gasteiger partial charge is 0.354 e. The molecule has 0 aliphatic heterocycles. The van der Waals surface area contributed by atoms with E-state index in [1.807, 2.05) is 61.5 Å². The van der Waals surface area contributed by atoms with Gasteiger partial charge in [-0.2, -0.15) is 0 Å². The van der Waals surface area contributed by atoms with E-state index in [4.69, 9.17) is 23.2 Å². The molecule has 0 aliphatic rings. The lowest BCUT2D eigenvalue weighted by atomic mass is 10.0. The van der Waals surface area contributed by atoms with E-state index in [1.54, 1.807) is 11.0 Å². The van der Waals surface area contributed by atoms with Gasteiger partial charge >= 0.3 is 0 Å². The quantitative estimate of drug-likeness (QED) is 0.176. The number of carbonyl (C=O) groups excluding carboxylic acids is 2. The Morgan fingerprint density at radius 2 is 1.67 bits per heavy atom. The molecule has 1 atom stereocenters. The van der Waals surface area contributed by atoms with E-state index in [0.29, 0.717) is 18.0 Å². The Kier molecular flexibility index (Phi) is 13.2. The predicted octanol–water partition coefficient (Wildman–Crippen LogP) is 6.86. The Morgan fingerprint density at radius 3 is 2.33 bits per heavy atom. The van der Waals surface area contributed by atoms with Crippen LogP contribution in [0.25, 0.3) is 0 Å². The summed E-state index contributed by atoms with van der Waals surface area (Å²) in [7, 11) is -3.72. The highest BCUT2D eigenvalue weighted by Gasteiger charge is 2.30. The first-order chi connectivity index (χ1) is 20.0. The number of nitrogens with zero attached hydrogens (tertiary/aromatic N) is 2. The highest BCUT2D eigenvalue weighted by atomic mass is 79.9. The molecule has 0 heterocycles. The van der Waals surface area contributed by atoms with E-state index in [-0.39, 0.29) is 48.5 Å². The zero-order chi connectivity index (χ0) is 30.7. The molecule has 1 N–H and O–H groups in total. The fourth-order valence-electron chi connectivity index (χ4n) is 4.55. The molecule has 7 nitrogen and oxygen atoms in total. The van der Waals surface area contributed by atoms with Crippen molar-refractivity contribution in [2.45, 2.75) is 51.6 Å². The van der Waals surface area contributed by atoms with Crippen LogP contribution in [0.4, 0.5) is 5.69 Å². The lowest BCUT2D eigenvalue weighted by Gasteiger charge is -2.32. The lowest BCUT2D eigenvalue weighted by molar-refractivity contribution is -0.141. The lowest BCUT2D eigenvalue weighted by Crippen LogP contribution is -2.50. The third kappa shape index (κ3) is 10.3. The van der Waals surface area contributed by atoms with Crippen LogP contribution in [0.2, 0.25) is 10.0 Å². The first-order valence-corrected chi connectivity index (χ1v) is 17.2. The van der Waals surface area contributed by atoms with Crippen molar-refractivity contribution in [3.05, 3.63) is 98.4 Å². The Hall–Kier alpha value is -2.59. The van der Waals surface area contributed by atoms with E-state index < -0.39 is 16.1 Å². The van der Waals surface area contributed by atoms with Gasteiger partial charge in [0, 0.05) is 42.0 Å². The summed E-state index contributed by atoms with van der Waals surface area (Å²) < 4.78 is 27.4. The second-order valence-electron chi connectivity index (χ2n) is 10.0. The number of sulfonamides is 1. The van der Waals surface area contributed by atoms with Gasteiger partial charge in [-0.15, -0.1) is 0 Å². The fourth-order valence-corrected chi connectivity index (χ4v) is 6.40. The van der Waals surface area contributed by atoms with Crippen LogP contribution in [0.15, 0.2) is 77.3 Å². The van der Waals surface area contributed by atoms with Crippen molar-refractivity contribution in [2.24, 2.45) is 0 Å². The number of nitrogens with one attached hydrogen (secondary N) is 1. The third-order valence-corrected chi connectivity index (χ3v) is 8.90. The molecule has 0 radical (unpaired) electrons. The van der Waals surface area contributed by atoms with E-state index in [2.05, 4.69) is 21.2 Å². The zero-order valence-corrected chi connectivity index (χ0v) is 27.6. The number of benzene rings is 3. The summed E-state index contributed by atoms with van der Waals surface area (Å²) in [6.45, 7) is 2.80. The molecule has 0 fully saturated rings. The smallest absolute Gasteiger partial charge is 0.243 e. The van der Waals surface area contributed by atoms with Gasteiger partial charge < -0.3 is 10.2 Å². The Bertz CT molecular complexity index is 1460. The van der Waals surface area contributed by atoms with Crippen molar-refractivity contribution in [3.63, 3.8) is 0 Å². The van der Waals surface area contributed by atoms with Crippen LogP contribution in [-0.4, -0.2) is 50.5 Å². The highest BCUT2D eigenvalue weighted by molar-refractivity contribution is 9.10. The van der Waals surface area contributed by atoms with Gasteiger partial charge in [0.1, 0.15) is 6.04 Å². The maximum absolute atomic E-state index is 13.9. The number of hydrogen-bond donors (Lipinski definition) is 1. The molecule has 0 unspecified atom stereocenters. The highest BCUT2D eigenvalue weighted by Crippen LogP contribution is 2.31. The Balaban J connectivity index is 1.89. The summed E-state index contributed by atoms with van der Waals surface area (Å²) in [5, 5.41) is 3.59. The van der Waals surface area contributed by atoms with Gasteiger partial charge in [-0.1, -0.05) is 94.9 Å². The van der Waals surface area contributed by atoms with Gasteiger partial charge in [0.05, 0.1) is 17.0 Å². The molecule has 0 saturated carbocycles. The zero-order valence-electron chi connectivity index (χ0n) is 23.7. The van der Waals surface area contributed by atoms with Crippen LogP contribution in [-0.2, 0) is 32.6 Å². The molecule has 226 valence electrons. The number of rotatable bonds is 15. The molecule has 3 aromatic rings. The summed E-state index contributed by atoms with van der Waals surface area (Å²) in [5.41, 5.74) is 2.04. The first kappa shape index (κ1) is 33.9. The summed E-state index contributed by atoms with van der Waals surface area (Å²) >= 11 is 15.9. The topological polar surface area (TPSA) is 86.8 Å². The van der Waals surface area contributed by atoms with E-state index in [0.717, 1.165) is 39.0 Å². The van der Waals surface area contributed by atoms with Crippen molar-refractivity contribution in [1.82, 2.24) is 10.2 Å². The number of halogens is 3. The minimum Gasteiger partial charge on any atom is -0.354 e. The van der Waals surface area contributed by atoms with Gasteiger partial charge in [0.25, 0.3) is 0 Å². The maximum Gasteiger partial charge on any atom is 0.243 e. The Labute approximate surface area is 267 Å².